The van der Waals surface area contributed by atoms with Crippen LogP contribution in [0.2, 0.25) is 0 Å². The van der Waals surface area contributed by atoms with Crippen LogP contribution in [0, 0.1) is 0 Å². The van der Waals surface area contributed by atoms with Gasteiger partial charge in [-0.25, -0.2) is 0 Å². The van der Waals surface area contributed by atoms with E-state index in [-0.39, 0.29) is 0 Å². The second kappa shape index (κ2) is 6.44. The predicted octanol–water partition coefficient (Wildman–Crippen LogP) is 4.05. The molecular weight excluding hydrogens is 268 g/mol. The average molecular weight is 284 g/mol. The van der Waals surface area contributed by atoms with Gasteiger partial charge >= 0.3 is 0 Å². The van der Waals surface area contributed by atoms with E-state index in [1.54, 1.807) is 7.11 Å². The molecule has 0 N–H and O–H groups in total. The summed E-state index contributed by atoms with van der Waals surface area (Å²) in [7, 11) is 1.56. The largest absolute Gasteiger partial charge is 0.486 e. The van der Waals surface area contributed by atoms with Crippen LogP contribution in [0.1, 0.15) is 28.4 Å². The smallest absolute Gasteiger partial charge is 0.191 e. The highest BCUT2D eigenvalue weighted by atomic mass is 32.1. The highest BCUT2D eigenvalue weighted by Gasteiger charge is 2.12. The van der Waals surface area contributed by atoms with E-state index in [2.05, 4.69) is 6.92 Å². The van der Waals surface area contributed by atoms with Crippen molar-refractivity contribution in [2.45, 2.75) is 13.3 Å². The van der Waals surface area contributed by atoms with E-state index in [9.17, 15) is 4.79 Å². The van der Waals surface area contributed by atoms with E-state index in [4.69, 9.17) is 17.0 Å². The number of aldehydes is 1. The van der Waals surface area contributed by atoms with E-state index in [0.717, 1.165) is 35.0 Å². The van der Waals surface area contributed by atoms with Crippen molar-refractivity contribution < 1.29 is 9.53 Å². The molecule has 0 bridgehead atoms. The van der Waals surface area contributed by atoms with Gasteiger partial charge in [-0.2, -0.15) is 0 Å². The average Bonchev–Trinajstić information content (AvgIpc) is 2.53. The molecule has 0 fully saturated rings. The summed E-state index contributed by atoms with van der Waals surface area (Å²) in [5, 5.41) is 0.428. The van der Waals surface area contributed by atoms with Gasteiger partial charge in [-0.15, -0.1) is 0 Å². The van der Waals surface area contributed by atoms with Crippen LogP contribution in [0.3, 0.4) is 0 Å². The Kier molecular flexibility index (Phi) is 4.64. The zero-order valence-electron chi connectivity index (χ0n) is 11.6. The van der Waals surface area contributed by atoms with E-state index in [0.29, 0.717) is 10.6 Å². The molecular formula is C17H16O2S. The Bertz CT molecular complexity index is 647. The molecule has 0 saturated heterocycles. The van der Waals surface area contributed by atoms with Gasteiger partial charge in [0.05, 0.1) is 7.11 Å². The van der Waals surface area contributed by atoms with Crippen LogP contribution in [0.25, 0.3) is 11.1 Å². The molecule has 2 aromatic rings. The number of hydrogen-bond donors (Lipinski definition) is 0. The number of hydrogen-bond acceptors (Lipinski definition) is 3. The lowest BCUT2D eigenvalue weighted by Gasteiger charge is -2.12. The third kappa shape index (κ3) is 2.78. The van der Waals surface area contributed by atoms with Gasteiger partial charge in [-0.1, -0.05) is 37.3 Å². The number of ether oxygens (including phenoxy) is 1. The van der Waals surface area contributed by atoms with Crippen molar-refractivity contribution in [1.29, 1.82) is 0 Å². The van der Waals surface area contributed by atoms with Crippen molar-refractivity contribution in [1.82, 2.24) is 0 Å². The molecule has 20 heavy (non-hydrogen) atoms. The first kappa shape index (κ1) is 14.4. The molecule has 0 radical (unpaired) electrons. The number of benzene rings is 2. The van der Waals surface area contributed by atoms with Crippen molar-refractivity contribution in [3.63, 3.8) is 0 Å². The van der Waals surface area contributed by atoms with Crippen molar-refractivity contribution >= 4 is 23.6 Å². The first-order valence-corrected chi connectivity index (χ1v) is 6.88. The summed E-state index contributed by atoms with van der Waals surface area (Å²) in [6.07, 6.45) is 1.79. The van der Waals surface area contributed by atoms with Crippen molar-refractivity contribution in [2.75, 3.05) is 7.11 Å². The highest BCUT2D eigenvalue weighted by molar-refractivity contribution is 7.80. The number of rotatable bonds is 4. The van der Waals surface area contributed by atoms with Gasteiger partial charge in [0.15, 0.2) is 11.3 Å². The monoisotopic (exact) mass is 284 g/mol. The van der Waals surface area contributed by atoms with Crippen molar-refractivity contribution in [2.24, 2.45) is 0 Å². The molecule has 2 nitrogen and oxygen atoms in total. The number of thiocarbonyl (C=S) groups is 1. The molecule has 0 aromatic heterocycles. The molecule has 2 aromatic carbocycles. The van der Waals surface area contributed by atoms with Crippen LogP contribution in [-0.2, 0) is 11.2 Å². The molecule has 0 aliphatic rings. The maximum Gasteiger partial charge on any atom is 0.191 e. The molecule has 0 unspecified atom stereocenters. The maximum absolute atomic E-state index is 11.4. The highest BCUT2D eigenvalue weighted by Crippen LogP contribution is 2.28. The standard InChI is InChI=1S/C17H16O2S/c1-3-12-8-9-14(13(10-12)11-18)15-6-4-5-7-16(15)17(20)19-2/h4-11H,3H2,1-2H3. The van der Waals surface area contributed by atoms with E-state index >= 15 is 0 Å². The second-order valence-corrected chi connectivity index (χ2v) is 4.80. The zero-order valence-corrected chi connectivity index (χ0v) is 12.4. The van der Waals surface area contributed by atoms with Gasteiger partial charge in [0.2, 0.25) is 0 Å². The van der Waals surface area contributed by atoms with Crippen LogP contribution in [0.5, 0.6) is 0 Å². The fourth-order valence-electron chi connectivity index (χ4n) is 2.18. The van der Waals surface area contributed by atoms with E-state index in [1.165, 1.54) is 0 Å². The van der Waals surface area contributed by atoms with E-state index in [1.807, 2.05) is 42.5 Å². The van der Waals surface area contributed by atoms with Crippen LogP contribution < -0.4 is 0 Å². The minimum Gasteiger partial charge on any atom is -0.486 e. The molecule has 2 rings (SSSR count). The van der Waals surface area contributed by atoms with Gasteiger partial charge in [-0.3, -0.25) is 4.79 Å². The maximum atomic E-state index is 11.4. The summed E-state index contributed by atoms with van der Waals surface area (Å²) >= 11 is 5.23. The Morgan fingerprint density at radius 3 is 2.60 bits per heavy atom. The van der Waals surface area contributed by atoms with E-state index < -0.39 is 0 Å². The fraction of sp³-hybridized carbons (Fsp3) is 0.176. The number of carbonyl (C=O) groups is 1. The summed E-state index contributed by atoms with van der Waals surface area (Å²) in [5.74, 6) is 0. The van der Waals surface area contributed by atoms with Crippen LogP contribution in [-0.4, -0.2) is 18.4 Å². The molecule has 0 amide bonds. The zero-order chi connectivity index (χ0) is 14.5. The number of aryl methyl sites for hydroxylation is 1. The Balaban J connectivity index is 2.62. The van der Waals surface area contributed by atoms with Crippen LogP contribution in [0.15, 0.2) is 42.5 Å². The SMILES string of the molecule is CCc1ccc(-c2ccccc2C(=S)OC)c(C=O)c1. The second-order valence-electron chi connectivity index (χ2n) is 4.43. The molecule has 0 atom stereocenters. The van der Waals surface area contributed by atoms with Crippen LogP contribution >= 0.6 is 12.2 Å². The van der Waals surface area contributed by atoms with Gasteiger partial charge in [-0.05, 0) is 47.5 Å². The first-order valence-electron chi connectivity index (χ1n) is 6.47. The molecule has 102 valence electrons. The third-order valence-corrected chi connectivity index (χ3v) is 3.66. The molecule has 0 heterocycles. The predicted molar refractivity (Wildman–Crippen MR) is 85.4 cm³/mol. The summed E-state index contributed by atoms with van der Waals surface area (Å²) < 4.78 is 5.16. The number of methoxy groups -OCH3 is 1. The molecule has 0 aliphatic heterocycles. The summed E-state index contributed by atoms with van der Waals surface area (Å²) in [4.78, 5) is 11.4. The summed E-state index contributed by atoms with van der Waals surface area (Å²) in [5.41, 5.74) is 4.45. The lowest BCUT2D eigenvalue weighted by molar-refractivity contribution is 0.112. The van der Waals surface area contributed by atoms with Crippen molar-refractivity contribution in [3.05, 3.63) is 59.2 Å². The molecule has 0 spiro atoms. The third-order valence-electron chi connectivity index (χ3n) is 3.27. The Morgan fingerprint density at radius 1 is 1.20 bits per heavy atom. The van der Waals surface area contributed by atoms with Gasteiger partial charge < -0.3 is 4.74 Å². The lowest BCUT2D eigenvalue weighted by atomic mass is 9.94. The lowest BCUT2D eigenvalue weighted by Crippen LogP contribution is -2.03. The minimum atomic E-state index is 0.428. The minimum absolute atomic E-state index is 0.428. The topological polar surface area (TPSA) is 26.3 Å². The Labute approximate surface area is 124 Å². The Morgan fingerprint density at radius 2 is 1.95 bits per heavy atom. The molecule has 0 aliphatic carbocycles. The van der Waals surface area contributed by atoms with Crippen molar-refractivity contribution in [3.8, 4) is 11.1 Å². The van der Waals surface area contributed by atoms with Crippen LogP contribution in [0.4, 0.5) is 0 Å². The summed E-state index contributed by atoms with van der Waals surface area (Å²) in [6, 6.07) is 13.6. The number of carbonyl (C=O) groups excluding carboxylic acids is 1. The summed E-state index contributed by atoms with van der Waals surface area (Å²) in [6.45, 7) is 2.07. The Hall–Kier alpha value is -2.00. The first-order chi connectivity index (χ1) is 9.71. The van der Waals surface area contributed by atoms with Gasteiger partial charge in [0.1, 0.15) is 0 Å². The molecule has 3 heteroatoms. The van der Waals surface area contributed by atoms with Gasteiger partial charge in [0, 0.05) is 11.1 Å². The molecule has 0 saturated carbocycles. The normalized spacial score (nSPS) is 10.1. The fourth-order valence-corrected chi connectivity index (χ4v) is 2.36. The quantitative estimate of drug-likeness (QED) is 0.626. The van der Waals surface area contributed by atoms with Gasteiger partial charge in [0.25, 0.3) is 0 Å².